The summed E-state index contributed by atoms with van der Waals surface area (Å²) in [5.74, 6) is 1.43. The molecule has 0 aromatic carbocycles. The van der Waals surface area contributed by atoms with Crippen molar-refractivity contribution in [1.29, 1.82) is 0 Å². The molecule has 17 heavy (non-hydrogen) atoms. The Balaban J connectivity index is 2.13. The van der Waals surface area contributed by atoms with Crippen molar-refractivity contribution >= 4 is 28.7 Å². The normalized spacial score (nSPS) is 20.9. The van der Waals surface area contributed by atoms with Crippen molar-refractivity contribution < 1.29 is 0 Å². The van der Waals surface area contributed by atoms with Crippen LogP contribution in [0, 0.1) is 0 Å². The van der Waals surface area contributed by atoms with Crippen LogP contribution >= 0.6 is 23.2 Å². The van der Waals surface area contributed by atoms with Crippen molar-refractivity contribution in [2.45, 2.75) is 18.8 Å². The molecule has 3 heterocycles. The standard InChI is InChI=1S/C12H13Cl2N3/c13-9-4-2-6-17-10(9)11(14)16-12(17)8-3-1-5-15-7-8/h2,4,6,8,15H,1,3,5,7H2. The van der Waals surface area contributed by atoms with Gasteiger partial charge in [0.1, 0.15) is 11.3 Å². The van der Waals surface area contributed by atoms with Gasteiger partial charge in [-0.15, -0.1) is 0 Å². The fourth-order valence-electron chi connectivity index (χ4n) is 2.44. The summed E-state index contributed by atoms with van der Waals surface area (Å²) in [5.41, 5.74) is 0.816. The predicted molar refractivity (Wildman–Crippen MR) is 70.1 cm³/mol. The molecule has 3 nitrogen and oxygen atoms in total. The van der Waals surface area contributed by atoms with Crippen molar-refractivity contribution in [3.63, 3.8) is 0 Å². The second-order valence-electron chi connectivity index (χ2n) is 4.38. The zero-order chi connectivity index (χ0) is 11.8. The quantitative estimate of drug-likeness (QED) is 0.862. The second-order valence-corrected chi connectivity index (χ2v) is 5.14. The maximum absolute atomic E-state index is 6.17. The van der Waals surface area contributed by atoms with Crippen LogP contribution in [-0.2, 0) is 0 Å². The van der Waals surface area contributed by atoms with Gasteiger partial charge in [-0.1, -0.05) is 23.2 Å². The van der Waals surface area contributed by atoms with E-state index in [4.69, 9.17) is 23.2 Å². The molecule has 1 saturated heterocycles. The van der Waals surface area contributed by atoms with E-state index in [0.29, 0.717) is 16.1 Å². The SMILES string of the molecule is Clc1cccn2c(C3CCCNC3)nc(Cl)c12. The molecule has 3 rings (SSSR count). The highest BCUT2D eigenvalue weighted by Crippen LogP contribution is 2.30. The minimum Gasteiger partial charge on any atom is -0.316 e. The largest absolute Gasteiger partial charge is 0.316 e. The molecule has 0 radical (unpaired) electrons. The number of imidazole rings is 1. The van der Waals surface area contributed by atoms with E-state index in [1.54, 1.807) is 0 Å². The lowest BCUT2D eigenvalue weighted by Crippen LogP contribution is -2.29. The maximum Gasteiger partial charge on any atom is 0.156 e. The van der Waals surface area contributed by atoms with Crippen molar-refractivity contribution in [3.8, 4) is 0 Å². The molecule has 0 bridgehead atoms. The van der Waals surface area contributed by atoms with Crippen LogP contribution in [0.1, 0.15) is 24.6 Å². The monoisotopic (exact) mass is 269 g/mol. The van der Waals surface area contributed by atoms with Gasteiger partial charge in [0.2, 0.25) is 0 Å². The van der Waals surface area contributed by atoms with Crippen molar-refractivity contribution in [2.75, 3.05) is 13.1 Å². The number of nitrogens with zero attached hydrogens (tertiary/aromatic N) is 2. The molecule has 0 amide bonds. The van der Waals surface area contributed by atoms with Gasteiger partial charge < -0.3 is 9.72 Å². The van der Waals surface area contributed by atoms with Crippen LogP contribution in [0.4, 0.5) is 0 Å². The Bertz CT molecular complexity index is 544. The van der Waals surface area contributed by atoms with Gasteiger partial charge in [-0.25, -0.2) is 4.98 Å². The van der Waals surface area contributed by atoms with Gasteiger partial charge in [-0.2, -0.15) is 0 Å². The molecule has 2 aromatic heterocycles. The number of fused-ring (bicyclic) bond motifs is 1. The van der Waals surface area contributed by atoms with E-state index in [0.717, 1.165) is 30.9 Å². The maximum atomic E-state index is 6.17. The van der Waals surface area contributed by atoms with Gasteiger partial charge >= 0.3 is 0 Å². The van der Waals surface area contributed by atoms with E-state index in [2.05, 4.69) is 10.3 Å². The number of hydrogen-bond acceptors (Lipinski definition) is 2. The third-order valence-corrected chi connectivity index (χ3v) is 3.83. The van der Waals surface area contributed by atoms with Crippen LogP contribution in [0.15, 0.2) is 18.3 Å². The minimum atomic E-state index is 0.419. The average molecular weight is 270 g/mol. The highest BCUT2D eigenvalue weighted by molar-refractivity contribution is 6.39. The smallest absolute Gasteiger partial charge is 0.156 e. The van der Waals surface area contributed by atoms with Gasteiger partial charge in [0.05, 0.1) is 5.02 Å². The Morgan fingerprint density at radius 1 is 1.41 bits per heavy atom. The summed E-state index contributed by atoms with van der Waals surface area (Å²) in [6, 6.07) is 3.76. The molecule has 1 aliphatic rings. The van der Waals surface area contributed by atoms with Crippen LogP contribution in [0.2, 0.25) is 10.2 Å². The lowest BCUT2D eigenvalue weighted by Gasteiger charge is -2.21. The van der Waals surface area contributed by atoms with Gasteiger partial charge in [-0.05, 0) is 31.5 Å². The molecule has 1 atom stereocenters. The van der Waals surface area contributed by atoms with Gasteiger partial charge in [0, 0.05) is 18.7 Å². The number of halogens is 2. The van der Waals surface area contributed by atoms with Crippen LogP contribution in [0.3, 0.4) is 0 Å². The first-order valence-electron chi connectivity index (χ1n) is 5.80. The van der Waals surface area contributed by atoms with Crippen molar-refractivity contribution in [1.82, 2.24) is 14.7 Å². The third-order valence-electron chi connectivity index (χ3n) is 3.26. The summed E-state index contributed by atoms with van der Waals surface area (Å²) in [4.78, 5) is 4.48. The van der Waals surface area contributed by atoms with E-state index in [-0.39, 0.29) is 0 Å². The molecule has 5 heteroatoms. The number of hydrogen-bond donors (Lipinski definition) is 1. The Hall–Kier alpha value is -0.770. The van der Waals surface area contributed by atoms with E-state index in [1.807, 2.05) is 22.7 Å². The Labute approximate surface area is 110 Å². The zero-order valence-electron chi connectivity index (χ0n) is 9.29. The third kappa shape index (κ3) is 1.92. The minimum absolute atomic E-state index is 0.419. The number of pyridine rings is 1. The summed E-state index contributed by atoms with van der Waals surface area (Å²) in [7, 11) is 0. The van der Waals surface area contributed by atoms with E-state index in [1.165, 1.54) is 6.42 Å². The van der Waals surface area contributed by atoms with Crippen LogP contribution in [-0.4, -0.2) is 22.5 Å². The fourth-order valence-corrected chi connectivity index (χ4v) is 3.02. The molecule has 1 aliphatic heterocycles. The van der Waals surface area contributed by atoms with Gasteiger partial charge in [-0.3, -0.25) is 0 Å². The topological polar surface area (TPSA) is 29.3 Å². The first kappa shape index (κ1) is 11.3. The van der Waals surface area contributed by atoms with Crippen LogP contribution in [0.5, 0.6) is 0 Å². The van der Waals surface area contributed by atoms with E-state index < -0.39 is 0 Å². The zero-order valence-corrected chi connectivity index (χ0v) is 10.8. The Morgan fingerprint density at radius 2 is 2.29 bits per heavy atom. The molecule has 0 spiro atoms. The molecule has 90 valence electrons. The van der Waals surface area contributed by atoms with Gasteiger partial charge in [0.15, 0.2) is 5.15 Å². The number of aromatic nitrogens is 2. The molecule has 1 fully saturated rings. The van der Waals surface area contributed by atoms with Crippen molar-refractivity contribution in [3.05, 3.63) is 34.3 Å². The van der Waals surface area contributed by atoms with Gasteiger partial charge in [0.25, 0.3) is 0 Å². The molecule has 1 N–H and O–H groups in total. The van der Waals surface area contributed by atoms with Crippen molar-refractivity contribution in [2.24, 2.45) is 0 Å². The summed E-state index contributed by atoms with van der Waals surface area (Å²) in [5, 5.41) is 4.54. The lowest BCUT2D eigenvalue weighted by atomic mass is 9.99. The highest BCUT2D eigenvalue weighted by Gasteiger charge is 2.22. The summed E-state index contributed by atoms with van der Waals surface area (Å²) in [6.45, 7) is 2.05. The Kier molecular flexibility index (Phi) is 2.99. The molecular weight excluding hydrogens is 257 g/mol. The van der Waals surface area contributed by atoms with E-state index >= 15 is 0 Å². The first-order valence-corrected chi connectivity index (χ1v) is 6.55. The molecule has 0 aliphatic carbocycles. The number of piperidine rings is 1. The van der Waals surface area contributed by atoms with E-state index in [9.17, 15) is 0 Å². The molecule has 0 saturated carbocycles. The lowest BCUT2D eigenvalue weighted by molar-refractivity contribution is 0.445. The highest BCUT2D eigenvalue weighted by atomic mass is 35.5. The molecule has 2 aromatic rings. The predicted octanol–water partition coefficient (Wildman–Crippen LogP) is 3.11. The molecule has 1 unspecified atom stereocenters. The average Bonchev–Trinajstić information content (AvgIpc) is 2.69. The number of nitrogens with one attached hydrogen (secondary N) is 1. The number of rotatable bonds is 1. The van der Waals surface area contributed by atoms with Crippen LogP contribution < -0.4 is 5.32 Å². The Morgan fingerprint density at radius 3 is 3.06 bits per heavy atom. The summed E-state index contributed by atoms with van der Waals surface area (Å²) >= 11 is 12.3. The molecular formula is C12H13Cl2N3. The van der Waals surface area contributed by atoms with Crippen LogP contribution in [0.25, 0.3) is 5.52 Å². The summed E-state index contributed by atoms with van der Waals surface area (Å²) in [6.07, 6.45) is 4.30. The first-order chi connectivity index (χ1) is 8.27. The fraction of sp³-hybridized carbons (Fsp3) is 0.417. The second kappa shape index (κ2) is 4.48. The summed E-state index contributed by atoms with van der Waals surface area (Å²) < 4.78 is 2.02.